The molecule has 23 heavy (non-hydrogen) atoms. The highest BCUT2D eigenvalue weighted by Gasteiger charge is 2.29. The number of amides is 2. The lowest BCUT2D eigenvalue weighted by Crippen LogP contribution is -2.41. The number of nitrogens with one attached hydrogen (secondary N) is 1. The molecule has 120 valence electrons. The number of aryl methyl sites for hydroxylation is 1. The van der Waals surface area contributed by atoms with Gasteiger partial charge in [0.25, 0.3) is 0 Å². The second-order valence-corrected chi connectivity index (χ2v) is 5.56. The Labute approximate surface area is 135 Å². The molecule has 0 fully saturated rings. The summed E-state index contributed by atoms with van der Waals surface area (Å²) in [6, 6.07) is 11.3. The third-order valence-corrected chi connectivity index (χ3v) is 4.12. The van der Waals surface area contributed by atoms with Crippen molar-refractivity contribution in [1.82, 2.24) is 15.1 Å². The summed E-state index contributed by atoms with van der Waals surface area (Å²) in [7, 11) is 0. The van der Waals surface area contributed by atoms with Gasteiger partial charge < -0.3 is 10.0 Å². The molecule has 0 radical (unpaired) electrons. The number of hydrogen-bond acceptors (Lipinski definition) is 4. The van der Waals surface area contributed by atoms with Gasteiger partial charge in [-0.1, -0.05) is 24.3 Å². The largest absolute Gasteiger partial charge is 0.395 e. The van der Waals surface area contributed by atoms with Crippen molar-refractivity contribution < 1.29 is 9.90 Å². The molecule has 2 aromatic rings. The first-order chi connectivity index (χ1) is 11.3. The maximum Gasteiger partial charge on any atom is 0.323 e. The molecule has 1 atom stereocenters. The van der Waals surface area contributed by atoms with Gasteiger partial charge in [0.05, 0.1) is 12.6 Å². The van der Waals surface area contributed by atoms with E-state index in [0.29, 0.717) is 5.82 Å². The molecule has 1 aliphatic rings. The zero-order chi connectivity index (χ0) is 16.1. The van der Waals surface area contributed by atoms with Crippen LogP contribution < -0.4 is 5.32 Å². The number of nitrogens with zero attached hydrogens (tertiary/aromatic N) is 3. The zero-order valence-corrected chi connectivity index (χ0v) is 12.9. The fourth-order valence-electron chi connectivity index (χ4n) is 3.11. The van der Waals surface area contributed by atoms with Gasteiger partial charge in [-0.2, -0.15) is 5.10 Å². The van der Waals surface area contributed by atoms with Gasteiger partial charge in [0.1, 0.15) is 0 Å². The number of aromatic nitrogens is 2. The number of rotatable bonds is 4. The van der Waals surface area contributed by atoms with Gasteiger partial charge in [0, 0.05) is 12.7 Å². The summed E-state index contributed by atoms with van der Waals surface area (Å²) >= 11 is 0. The van der Waals surface area contributed by atoms with Gasteiger partial charge in [-0.25, -0.2) is 4.79 Å². The van der Waals surface area contributed by atoms with Crippen LogP contribution in [0.25, 0.3) is 0 Å². The minimum atomic E-state index is -0.263. The molecule has 6 heteroatoms. The van der Waals surface area contributed by atoms with Gasteiger partial charge in [0.2, 0.25) is 0 Å². The van der Waals surface area contributed by atoms with E-state index in [0.717, 1.165) is 19.3 Å². The van der Waals surface area contributed by atoms with Crippen LogP contribution in [0, 0.1) is 0 Å². The van der Waals surface area contributed by atoms with Gasteiger partial charge in [0.15, 0.2) is 5.82 Å². The number of hydrogen-bond donors (Lipinski definition) is 2. The van der Waals surface area contributed by atoms with E-state index in [1.807, 2.05) is 12.1 Å². The maximum absolute atomic E-state index is 12.6. The molecule has 0 aliphatic heterocycles. The summed E-state index contributed by atoms with van der Waals surface area (Å²) in [5.74, 6) is 0.407. The van der Waals surface area contributed by atoms with E-state index in [-0.39, 0.29) is 25.2 Å². The van der Waals surface area contributed by atoms with Crippen LogP contribution in [0.3, 0.4) is 0 Å². The highest BCUT2D eigenvalue weighted by molar-refractivity contribution is 5.88. The number of benzene rings is 1. The first kappa shape index (κ1) is 15.4. The van der Waals surface area contributed by atoms with Crippen molar-refractivity contribution in [1.29, 1.82) is 0 Å². The van der Waals surface area contributed by atoms with Crippen LogP contribution in [0.15, 0.2) is 42.6 Å². The van der Waals surface area contributed by atoms with Gasteiger partial charge in [-0.05, 0) is 42.5 Å². The Kier molecular flexibility index (Phi) is 4.83. The van der Waals surface area contributed by atoms with Crippen molar-refractivity contribution in [3.05, 3.63) is 53.7 Å². The summed E-state index contributed by atoms with van der Waals surface area (Å²) in [5, 5.41) is 19.8. The van der Waals surface area contributed by atoms with Crippen LogP contribution in [-0.2, 0) is 6.42 Å². The molecule has 6 nitrogen and oxygen atoms in total. The summed E-state index contributed by atoms with van der Waals surface area (Å²) in [6.45, 7) is 0.206. The number of anilines is 1. The van der Waals surface area contributed by atoms with Crippen molar-refractivity contribution in [2.45, 2.75) is 25.3 Å². The quantitative estimate of drug-likeness (QED) is 0.908. The average Bonchev–Trinajstić information content (AvgIpc) is 2.60. The molecule has 1 heterocycles. The van der Waals surface area contributed by atoms with Crippen LogP contribution in [0.5, 0.6) is 0 Å². The van der Waals surface area contributed by atoms with Crippen molar-refractivity contribution in [3.63, 3.8) is 0 Å². The highest BCUT2D eigenvalue weighted by atomic mass is 16.3. The fraction of sp³-hybridized carbons (Fsp3) is 0.353. The predicted molar refractivity (Wildman–Crippen MR) is 87.0 cm³/mol. The highest BCUT2D eigenvalue weighted by Crippen LogP contribution is 2.34. The molecule has 0 saturated carbocycles. The van der Waals surface area contributed by atoms with E-state index in [1.165, 1.54) is 11.1 Å². The topological polar surface area (TPSA) is 78.4 Å². The fourth-order valence-corrected chi connectivity index (χ4v) is 3.11. The van der Waals surface area contributed by atoms with E-state index in [9.17, 15) is 9.90 Å². The van der Waals surface area contributed by atoms with Crippen LogP contribution in [-0.4, -0.2) is 39.4 Å². The number of aliphatic hydroxyl groups is 1. The first-order valence-electron chi connectivity index (χ1n) is 7.83. The molecule has 0 spiro atoms. The average molecular weight is 312 g/mol. The van der Waals surface area contributed by atoms with E-state index in [1.54, 1.807) is 23.2 Å². The maximum atomic E-state index is 12.6. The minimum Gasteiger partial charge on any atom is -0.395 e. The monoisotopic (exact) mass is 312 g/mol. The Balaban J connectivity index is 1.83. The third-order valence-electron chi connectivity index (χ3n) is 4.12. The van der Waals surface area contributed by atoms with E-state index in [4.69, 9.17) is 0 Å². The van der Waals surface area contributed by atoms with Crippen LogP contribution in [0.4, 0.5) is 10.6 Å². The summed E-state index contributed by atoms with van der Waals surface area (Å²) in [5.41, 5.74) is 2.44. The third kappa shape index (κ3) is 3.48. The summed E-state index contributed by atoms with van der Waals surface area (Å²) in [4.78, 5) is 14.3. The number of fused-ring (bicyclic) bond motifs is 1. The smallest absolute Gasteiger partial charge is 0.323 e. The first-order valence-corrected chi connectivity index (χ1v) is 7.83. The van der Waals surface area contributed by atoms with Gasteiger partial charge in [-0.15, -0.1) is 5.10 Å². The predicted octanol–water partition coefficient (Wildman–Crippen LogP) is 2.38. The Morgan fingerprint density at radius 1 is 1.30 bits per heavy atom. The van der Waals surface area contributed by atoms with Crippen molar-refractivity contribution in [2.75, 3.05) is 18.5 Å². The number of carbonyl (C=O) groups is 1. The lowest BCUT2D eigenvalue weighted by atomic mass is 9.87. The Morgan fingerprint density at radius 2 is 2.17 bits per heavy atom. The van der Waals surface area contributed by atoms with Gasteiger partial charge >= 0.3 is 6.03 Å². The number of aliphatic hydroxyl groups excluding tert-OH is 1. The second kappa shape index (κ2) is 7.19. The molecular formula is C17H20N4O2. The van der Waals surface area contributed by atoms with Crippen molar-refractivity contribution >= 4 is 11.8 Å². The van der Waals surface area contributed by atoms with Gasteiger partial charge in [-0.3, -0.25) is 5.32 Å². The van der Waals surface area contributed by atoms with Crippen LogP contribution >= 0.6 is 0 Å². The number of urea groups is 1. The molecule has 0 bridgehead atoms. The van der Waals surface area contributed by atoms with E-state index < -0.39 is 0 Å². The molecule has 3 rings (SSSR count). The lowest BCUT2D eigenvalue weighted by molar-refractivity contribution is 0.154. The zero-order valence-electron chi connectivity index (χ0n) is 12.9. The van der Waals surface area contributed by atoms with E-state index >= 15 is 0 Å². The Bertz CT molecular complexity index is 663. The molecule has 0 saturated heterocycles. The molecule has 1 aromatic carbocycles. The standard InChI is InChI=1S/C17H20N4O2/c22-12-11-21(17(23)19-16-9-4-10-18-20-16)15-8-3-6-13-5-1-2-7-14(13)15/h1-2,4-5,7,9-10,15,22H,3,6,8,11-12H2,(H,19,20,23). The van der Waals surface area contributed by atoms with Crippen molar-refractivity contribution in [3.8, 4) is 0 Å². The second-order valence-electron chi connectivity index (χ2n) is 5.56. The Hall–Kier alpha value is -2.47. The molecule has 1 aromatic heterocycles. The van der Waals surface area contributed by atoms with Crippen LogP contribution in [0.1, 0.15) is 30.0 Å². The normalized spacial score (nSPS) is 16.5. The molecule has 1 aliphatic carbocycles. The SMILES string of the molecule is O=C(Nc1cccnn1)N(CCO)C1CCCc2ccccc21. The van der Waals surface area contributed by atoms with Crippen molar-refractivity contribution in [2.24, 2.45) is 0 Å². The summed E-state index contributed by atoms with van der Waals surface area (Å²) in [6.07, 6.45) is 4.51. The molecule has 2 N–H and O–H groups in total. The van der Waals surface area contributed by atoms with E-state index in [2.05, 4.69) is 27.6 Å². The molecule has 1 unspecified atom stereocenters. The molecule has 2 amide bonds. The number of carbonyl (C=O) groups excluding carboxylic acids is 1. The Morgan fingerprint density at radius 3 is 2.96 bits per heavy atom. The lowest BCUT2D eigenvalue weighted by Gasteiger charge is -2.35. The minimum absolute atomic E-state index is 0.0243. The van der Waals surface area contributed by atoms with Crippen LogP contribution in [0.2, 0.25) is 0 Å². The molecular weight excluding hydrogens is 292 g/mol. The summed E-state index contributed by atoms with van der Waals surface area (Å²) < 4.78 is 0.